The summed E-state index contributed by atoms with van der Waals surface area (Å²) >= 11 is 0. The van der Waals surface area contributed by atoms with Crippen LogP contribution in [0.25, 0.3) is 0 Å². The van der Waals surface area contributed by atoms with Crippen molar-refractivity contribution in [2.24, 2.45) is 0 Å². The zero-order valence-corrected chi connectivity index (χ0v) is 22.3. The number of hydrogen-bond acceptors (Lipinski definition) is 4. The Hall–Kier alpha value is -1.06. The Morgan fingerprint density at radius 2 is 0.697 bits per heavy atom. The Bertz CT molecular complexity index is 422. The van der Waals surface area contributed by atoms with Gasteiger partial charge in [0.25, 0.3) is 0 Å². The fourth-order valence-corrected chi connectivity index (χ4v) is 4.03. The van der Waals surface area contributed by atoms with Gasteiger partial charge in [0.2, 0.25) is 0 Å². The van der Waals surface area contributed by atoms with Gasteiger partial charge in [-0.2, -0.15) is 0 Å². The number of unbranched alkanes of at least 4 members (excludes halogenated alkanes) is 18. The second-order valence-electron chi connectivity index (χ2n) is 9.66. The Labute approximate surface area is 206 Å². The molecule has 0 aromatic carbocycles. The molecule has 4 heteroatoms. The minimum Gasteiger partial charge on any atom is -0.466 e. The molecule has 0 N–H and O–H groups in total. The van der Waals surface area contributed by atoms with Crippen LogP contribution >= 0.6 is 0 Å². The summed E-state index contributed by atoms with van der Waals surface area (Å²) in [6, 6.07) is 0. The van der Waals surface area contributed by atoms with E-state index in [1.807, 2.05) is 0 Å². The van der Waals surface area contributed by atoms with Gasteiger partial charge in [0.05, 0.1) is 13.2 Å². The Balaban J connectivity index is 3.20. The number of esters is 2. The van der Waals surface area contributed by atoms with Crippen molar-refractivity contribution >= 4 is 11.9 Å². The summed E-state index contributed by atoms with van der Waals surface area (Å²) in [6.45, 7) is 5.44. The van der Waals surface area contributed by atoms with Gasteiger partial charge in [-0.3, -0.25) is 9.59 Å². The molecule has 33 heavy (non-hydrogen) atoms. The molecule has 0 aliphatic heterocycles. The molecule has 0 bridgehead atoms. The van der Waals surface area contributed by atoms with Gasteiger partial charge in [0.1, 0.15) is 0 Å². The van der Waals surface area contributed by atoms with Gasteiger partial charge in [-0.05, 0) is 25.7 Å². The average Bonchev–Trinajstić information content (AvgIpc) is 2.81. The molecule has 0 spiro atoms. The molecule has 0 rings (SSSR count). The largest absolute Gasteiger partial charge is 0.466 e. The van der Waals surface area contributed by atoms with Crippen LogP contribution in [0.3, 0.4) is 0 Å². The highest BCUT2D eigenvalue weighted by Crippen LogP contribution is 2.14. The lowest BCUT2D eigenvalue weighted by molar-refractivity contribution is -0.144. The molecule has 0 fully saturated rings. The van der Waals surface area contributed by atoms with E-state index in [-0.39, 0.29) is 11.9 Å². The first-order valence-electron chi connectivity index (χ1n) is 14.5. The Kier molecular flexibility index (Phi) is 26.3. The average molecular weight is 469 g/mol. The zero-order valence-electron chi connectivity index (χ0n) is 22.3. The van der Waals surface area contributed by atoms with E-state index in [1.54, 1.807) is 0 Å². The van der Waals surface area contributed by atoms with Crippen molar-refractivity contribution in [3.05, 3.63) is 0 Å². The number of hydrogen-bond donors (Lipinski definition) is 0. The second kappa shape index (κ2) is 27.2. The first-order valence-corrected chi connectivity index (χ1v) is 14.5. The van der Waals surface area contributed by atoms with E-state index in [0.717, 1.165) is 44.9 Å². The third-order valence-corrected chi connectivity index (χ3v) is 6.28. The molecular weight excluding hydrogens is 412 g/mol. The predicted molar refractivity (Wildman–Crippen MR) is 139 cm³/mol. The van der Waals surface area contributed by atoms with Gasteiger partial charge in [0.15, 0.2) is 0 Å². The highest BCUT2D eigenvalue weighted by Gasteiger charge is 2.05. The van der Waals surface area contributed by atoms with Crippen LogP contribution in [0.15, 0.2) is 0 Å². The molecule has 0 aromatic rings. The molecule has 4 nitrogen and oxygen atoms in total. The SMILES string of the molecule is CCCCCCCCCCCCCCCCCCOC(=O)CCCCCC(=O)OCCCC. The summed E-state index contributed by atoms with van der Waals surface area (Å²) in [6.07, 6.45) is 26.9. The standard InChI is InChI=1S/C29H56O4/c1-3-5-7-8-9-10-11-12-13-14-15-16-17-18-19-23-27-33-29(31)25-22-20-21-24-28(30)32-26-6-4-2/h3-27H2,1-2H3. The topological polar surface area (TPSA) is 52.6 Å². The number of carbonyl (C=O) groups excluding carboxylic acids is 2. The van der Waals surface area contributed by atoms with Crippen molar-refractivity contribution < 1.29 is 19.1 Å². The normalized spacial score (nSPS) is 11.0. The van der Waals surface area contributed by atoms with E-state index >= 15 is 0 Å². The van der Waals surface area contributed by atoms with Gasteiger partial charge in [-0.1, -0.05) is 123 Å². The maximum Gasteiger partial charge on any atom is 0.305 e. The van der Waals surface area contributed by atoms with Crippen LogP contribution in [0.5, 0.6) is 0 Å². The van der Waals surface area contributed by atoms with Crippen LogP contribution in [-0.4, -0.2) is 25.2 Å². The fourth-order valence-electron chi connectivity index (χ4n) is 4.03. The summed E-state index contributed by atoms with van der Waals surface area (Å²) < 4.78 is 10.4. The van der Waals surface area contributed by atoms with E-state index in [0.29, 0.717) is 26.1 Å². The number of rotatable bonds is 26. The van der Waals surface area contributed by atoms with Crippen LogP contribution in [-0.2, 0) is 19.1 Å². The summed E-state index contributed by atoms with van der Waals surface area (Å²) in [4.78, 5) is 23.2. The minimum absolute atomic E-state index is 0.0959. The smallest absolute Gasteiger partial charge is 0.305 e. The molecular formula is C29H56O4. The third kappa shape index (κ3) is 27.1. The molecule has 0 amide bonds. The maximum atomic E-state index is 11.8. The first kappa shape index (κ1) is 31.9. The van der Waals surface area contributed by atoms with Crippen molar-refractivity contribution in [1.82, 2.24) is 0 Å². The lowest BCUT2D eigenvalue weighted by atomic mass is 10.0. The molecule has 0 unspecified atom stereocenters. The highest BCUT2D eigenvalue weighted by molar-refractivity contribution is 5.69. The molecule has 0 aromatic heterocycles. The maximum absolute atomic E-state index is 11.8. The lowest BCUT2D eigenvalue weighted by Gasteiger charge is -2.06. The molecule has 0 saturated heterocycles. The van der Waals surface area contributed by atoms with Crippen LogP contribution < -0.4 is 0 Å². The Morgan fingerprint density at radius 1 is 0.394 bits per heavy atom. The summed E-state index contributed by atoms with van der Waals surface area (Å²) in [7, 11) is 0. The zero-order chi connectivity index (χ0) is 24.2. The third-order valence-electron chi connectivity index (χ3n) is 6.28. The van der Waals surface area contributed by atoms with Crippen LogP contribution in [0.2, 0.25) is 0 Å². The number of ether oxygens (including phenoxy) is 2. The minimum atomic E-state index is -0.116. The van der Waals surface area contributed by atoms with Crippen molar-refractivity contribution in [1.29, 1.82) is 0 Å². The molecule has 0 aliphatic rings. The van der Waals surface area contributed by atoms with Gasteiger partial charge >= 0.3 is 11.9 Å². The van der Waals surface area contributed by atoms with E-state index in [1.165, 1.54) is 89.9 Å². The molecule has 196 valence electrons. The van der Waals surface area contributed by atoms with Crippen LogP contribution in [0, 0.1) is 0 Å². The Morgan fingerprint density at radius 3 is 1.09 bits per heavy atom. The van der Waals surface area contributed by atoms with E-state index in [2.05, 4.69) is 13.8 Å². The highest BCUT2D eigenvalue weighted by atomic mass is 16.5. The summed E-state index contributed by atoms with van der Waals surface area (Å²) in [5.74, 6) is -0.212. The fraction of sp³-hybridized carbons (Fsp3) is 0.931. The van der Waals surface area contributed by atoms with Gasteiger partial charge < -0.3 is 9.47 Å². The quantitative estimate of drug-likeness (QED) is 0.0938. The van der Waals surface area contributed by atoms with E-state index in [4.69, 9.17) is 9.47 Å². The monoisotopic (exact) mass is 468 g/mol. The summed E-state index contributed by atoms with van der Waals surface area (Å²) in [5.41, 5.74) is 0. The van der Waals surface area contributed by atoms with Crippen LogP contribution in [0.1, 0.15) is 162 Å². The van der Waals surface area contributed by atoms with Crippen molar-refractivity contribution in [2.75, 3.05) is 13.2 Å². The summed E-state index contributed by atoms with van der Waals surface area (Å²) in [5, 5.41) is 0. The van der Waals surface area contributed by atoms with Gasteiger partial charge in [0, 0.05) is 12.8 Å². The molecule has 0 atom stereocenters. The van der Waals surface area contributed by atoms with Crippen molar-refractivity contribution in [3.63, 3.8) is 0 Å². The van der Waals surface area contributed by atoms with E-state index in [9.17, 15) is 9.59 Å². The van der Waals surface area contributed by atoms with Crippen molar-refractivity contribution in [2.45, 2.75) is 162 Å². The molecule has 0 heterocycles. The molecule has 0 radical (unpaired) electrons. The van der Waals surface area contributed by atoms with Gasteiger partial charge in [-0.15, -0.1) is 0 Å². The molecule has 0 aliphatic carbocycles. The first-order chi connectivity index (χ1) is 16.2. The predicted octanol–water partition coefficient (Wildman–Crippen LogP) is 9.08. The second-order valence-corrected chi connectivity index (χ2v) is 9.66. The number of carbonyl (C=O) groups is 2. The van der Waals surface area contributed by atoms with Crippen molar-refractivity contribution in [3.8, 4) is 0 Å². The molecule has 0 saturated carbocycles. The van der Waals surface area contributed by atoms with Gasteiger partial charge in [-0.25, -0.2) is 0 Å². The lowest BCUT2D eigenvalue weighted by Crippen LogP contribution is -2.07. The van der Waals surface area contributed by atoms with Crippen LogP contribution in [0.4, 0.5) is 0 Å². The van der Waals surface area contributed by atoms with E-state index < -0.39 is 0 Å².